The van der Waals surface area contributed by atoms with Gasteiger partial charge in [-0.1, -0.05) is 11.6 Å². The van der Waals surface area contributed by atoms with E-state index in [1.807, 2.05) is 0 Å². The molecule has 1 aromatic carbocycles. The number of nitrogens with two attached hydrogens (primary N) is 1. The van der Waals surface area contributed by atoms with Crippen LogP contribution in [0.2, 0.25) is 5.02 Å². The van der Waals surface area contributed by atoms with E-state index in [1.54, 1.807) is 0 Å². The van der Waals surface area contributed by atoms with Gasteiger partial charge in [-0.25, -0.2) is 4.39 Å². The third kappa shape index (κ3) is 1.42. The molecule has 1 heterocycles. The maximum absolute atomic E-state index is 12.9. The second-order valence-electron chi connectivity index (χ2n) is 2.83. The number of hydrogen-bond acceptors (Lipinski definition) is 3. The number of nitrogens with zero attached hydrogens (tertiary/aromatic N) is 2. The third-order valence-electron chi connectivity index (χ3n) is 1.92. The van der Waals surface area contributed by atoms with E-state index in [0.29, 0.717) is 21.6 Å². The first kappa shape index (κ1) is 9.30. The van der Waals surface area contributed by atoms with E-state index in [-0.39, 0.29) is 12.4 Å². The fourth-order valence-electron chi connectivity index (χ4n) is 1.22. The molecule has 72 valence electrons. The fraction of sp³-hybridized carbons (Fsp3) is 0.111. The third-order valence-corrected chi connectivity index (χ3v) is 2.34. The summed E-state index contributed by atoms with van der Waals surface area (Å²) in [5.74, 6) is -0.352. The highest BCUT2D eigenvalue weighted by Crippen LogP contribution is 2.24. The van der Waals surface area contributed by atoms with Gasteiger partial charge in [-0.05, 0) is 18.2 Å². The van der Waals surface area contributed by atoms with Gasteiger partial charge in [0.05, 0.1) is 16.2 Å². The van der Waals surface area contributed by atoms with Crippen LogP contribution in [0.4, 0.5) is 4.39 Å². The molecule has 0 aliphatic heterocycles. The zero-order valence-electron chi connectivity index (χ0n) is 7.17. The molecule has 0 aliphatic carbocycles. The first-order chi connectivity index (χ1) is 6.72. The van der Waals surface area contributed by atoms with Crippen molar-refractivity contribution in [2.75, 3.05) is 0 Å². The van der Waals surface area contributed by atoms with Crippen LogP contribution in [0.3, 0.4) is 0 Å². The summed E-state index contributed by atoms with van der Waals surface area (Å²) in [7, 11) is 0. The lowest BCUT2D eigenvalue weighted by Crippen LogP contribution is -2.02. The summed E-state index contributed by atoms with van der Waals surface area (Å²) < 4.78 is 12.9. The van der Waals surface area contributed by atoms with Crippen LogP contribution in [0.25, 0.3) is 10.9 Å². The highest BCUT2D eigenvalue weighted by molar-refractivity contribution is 6.35. The standard InChI is InChI=1S/C9H7ClFN3/c10-9-6-3-5(11)1-2-7(6)13-14-8(9)4-12/h1-3H,4,12H2. The number of benzene rings is 1. The van der Waals surface area contributed by atoms with Crippen molar-refractivity contribution < 1.29 is 4.39 Å². The number of fused-ring (bicyclic) bond motifs is 1. The second-order valence-corrected chi connectivity index (χ2v) is 3.20. The largest absolute Gasteiger partial charge is 0.325 e. The molecule has 1 aromatic heterocycles. The molecule has 2 rings (SSSR count). The van der Waals surface area contributed by atoms with E-state index in [9.17, 15) is 4.39 Å². The highest BCUT2D eigenvalue weighted by atomic mass is 35.5. The molecular weight excluding hydrogens is 205 g/mol. The van der Waals surface area contributed by atoms with Gasteiger partial charge in [0, 0.05) is 11.9 Å². The molecule has 0 saturated heterocycles. The molecule has 0 unspecified atom stereocenters. The van der Waals surface area contributed by atoms with Gasteiger partial charge in [0.1, 0.15) is 5.82 Å². The Labute approximate surface area is 84.7 Å². The van der Waals surface area contributed by atoms with E-state index in [1.165, 1.54) is 18.2 Å². The Kier molecular flexibility index (Phi) is 2.31. The molecule has 0 spiro atoms. The van der Waals surface area contributed by atoms with Crippen LogP contribution < -0.4 is 5.73 Å². The molecule has 0 saturated carbocycles. The summed E-state index contributed by atoms with van der Waals surface area (Å²) in [5.41, 5.74) is 6.44. The Balaban J connectivity index is 2.79. The molecule has 0 radical (unpaired) electrons. The fourth-order valence-corrected chi connectivity index (χ4v) is 1.48. The van der Waals surface area contributed by atoms with Crippen molar-refractivity contribution in [1.82, 2.24) is 10.2 Å². The number of hydrogen-bond donors (Lipinski definition) is 1. The lowest BCUT2D eigenvalue weighted by Gasteiger charge is -2.02. The minimum absolute atomic E-state index is 0.193. The average Bonchev–Trinajstić information content (AvgIpc) is 2.20. The molecule has 2 N–H and O–H groups in total. The van der Waals surface area contributed by atoms with Crippen molar-refractivity contribution in [1.29, 1.82) is 0 Å². The van der Waals surface area contributed by atoms with Crippen LogP contribution in [0.5, 0.6) is 0 Å². The summed E-state index contributed by atoms with van der Waals surface area (Å²) >= 11 is 5.96. The summed E-state index contributed by atoms with van der Waals surface area (Å²) in [4.78, 5) is 0. The molecule has 3 nitrogen and oxygen atoms in total. The molecular formula is C9H7ClFN3. The molecule has 0 amide bonds. The van der Waals surface area contributed by atoms with Crippen molar-refractivity contribution in [2.24, 2.45) is 5.73 Å². The van der Waals surface area contributed by atoms with Crippen molar-refractivity contribution in [3.8, 4) is 0 Å². The Morgan fingerprint density at radius 1 is 1.36 bits per heavy atom. The van der Waals surface area contributed by atoms with Crippen molar-refractivity contribution in [2.45, 2.75) is 6.54 Å². The lowest BCUT2D eigenvalue weighted by atomic mass is 10.2. The van der Waals surface area contributed by atoms with E-state index in [2.05, 4.69) is 10.2 Å². The summed E-state index contributed by atoms with van der Waals surface area (Å²) in [5, 5.41) is 8.61. The quantitative estimate of drug-likeness (QED) is 0.784. The topological polar surface area (TPSA) is 51.8 Å². The van der Waals surface area contributed by atoms with Crippen molar-refractivity contribution in [3.63, 3.8) is 0 Å². The molecule has 0 aliphatic rings. The average molecular weight is 212 g/mol. The van der Waals surface area contributed by atoms with E-state index < -0.39 is 0 Å². The summed E-state index contributed by atoms with van der Waals surface area (Å²) in [6.07, 6.45) is 0. The minimum Gasteiger partial charge on any atom is -0.325 e. The van der Waals surface area contributed by atoms with Crippen LogP contribution in [-0.4, -0.2) is 10.2 Å². The van der Waals surface area contributed by atoms with E-state index in [4.69, 9.17) is 17.3 Å². The summed E-state index contributed by atoms with van der Waals surface area (Å²) in [6.45, 7) is 0.193. The van der Waals surface area contributed by atoms with Gasteiger partial charge in [0.15, 0.2) is 0 Å². The van der Waals surface area contributed by atoms with Crippen molar-refractivity contribution >= 4 is 22.5 Å². The number of aromatic nitrogens is 2. The zero-order valence-corrected chi connectivity index (χ0v) is 7.92. The molecule has 5 heteroatoms. The van der Waals surface area contributed by atoms with Crippen LogP contribution in [0, 0.1) is 5.82 Å². The Bertz CT molecular complexity index is 487. The van der Waals surface area contributed by atoms with Crippen LogP contribution in [0.15, 0.2) is 18.2 Å². The van der Waals surface area contributed by atoms with E-state index in [0.717, 1.165) is 0 Å². The first-order valence-electron chi connectivity index (χ1n) is 4.03. The molecule has 2 aromatic rings. The molecule has 0 atom stereocenters. The molecule has 0 bridgehead atoms. The SMILES string of the molecule is NCc1nnc2ccc(F)cc2c1Cl. The molecule has 14 heavy (non-hydrogen) atoms. The van der Waals surface area contributed by atoms with Crippen LogP contribution >= 0.6 is 11.6 Å². The predicted octanol–water partition coefficient (Wildman–Crippen LogP) is 1.88. The van der Waals surface area contributed by atoms with Gasteiger partial charge in [0.25, 0.3) is 0 Å². The van der Waals surface area contributed by atoms with Gasteiger partial charge in [-0.3, -0.25) is 0 Å². The number of halogens is 2. The van der Waals surface area contributed by atoms with Gasteiger partial charge < -0.3 is 5.73 Å². The Morgan fingerprint density at radius 3 is 2.86 bits per heavy atom. The molecule has 0 fully saturated rings. The monoisotopic (exact) mass is 211 g/mol. The van der Waals surface area contributed by atoms with Gasteiger partial charge >= 0.3 is 0 Å². The maximum Gasteiger partial charge on any atom is 0.124 e. The smallest absolute Gasteiger partial charge is 0.124 e. The van der Waals surface area contributed by atoms with Crippen LogP contribution in [0.1, 0.15) is 5.69 Å². The van der Waals surface area contributed by atoms with Crippen molar-refractivity contribution in [3.05, 3.63) is 34.7 Å². The van der Waals surface area contributed by atoms with Gasteiger partial charge in [0.2, 0.25) is 0 Å². The maximum atomic E-state index is 12.9. The zero-order chi connectivity index (χ0) is 10.1. The van der Waals surface area contributed by atoms with E-state index >= 15 is 0 Å². The predicted molar refractivity (Wildman–Crippen MR) is 52.4 cm³/mol. The Hall–Kier alpha value is -1.26. The lowest BCUT2D eigenvalue weighted by molar-refractivity contribution is 0.629. The minimum atomic E-state index is -0.352. The second kappa shape index (κ2) is 3.48. The normalized spacial score (nSPS) is 10.8. The Morgan fingerprint density at radius 2 is 2.14 bits per heavy atom. The van der Waals surface area contributed by atoms with Crippen LogP contribution in [-0.2, 0) is 6.54 Å². The summed E-state index contributed by atoms with van der Waals surface area (Å²) in [6, 6.07) is 4.17. The first-order valence-corrected chi connectivity index (χ1v) is 4.40. The highest BCUT2D eigenvalue weighted by Gasteiger charge is 2.07. The van der Waals surface area contributed by atoms with Gasteiger partial charge in [-0.2, -0.15) is 10.2 Å². The van der Waals surface area contributed by atoms with Gasteiger partial charge in [-0.15, -0.1) is 0 Å². The number of rotatable bonds is 1.